The summed E-state index contributed by atoms with van der Waals surface area (Å²) in [6.45, 7) is 4.95. The minimum absolute atomic E-state index is 0.0660. The van der Waals surface area contributed by atoms with Crippen LogP contribution in [0.15, 0.2) is 81.8 Å². The van der Waals surface area contributed by atoms with E-state index in [0.29, 0.717) is 18.6 Å². The molecule has 172 valence electrons. The van der Waals surface area contributed by atoms with Gasteiger partial charge in [0.2, 0.25) is 0 Å². The quantitative estimate of drug-likeness (QED) is 0.160. The van der Waals surface area contributed by atoms with Gasteiger partial charge in [0.1, 0.15) is 0 Å². The summed E-state index contributed by atoms with van der Waals surface area (Å²) in [4.78, 5) is 0. The third kappa shape index (κ3) is 1.87. The van der Waals surface area contributed by atoms with Gasteiger partial charge in [0.05, 0.1) is 0 Å². The zero-order chi connectivity index (χ0) is 24.5. The average Bonchev–Trinajstić information content (AvgIpc) is 3.48. The summed E-state index contributed by atoms with van der Waals surface area (Å²) >= 11 is -1.58. The Morgan fingerprint density at radius 1 is 0.892 bits per heavy atom. The van der Waals surface area contributed by atoms with Crippen molar-refractivity contribution >= 4 is 104 Å². The second kappa shape index (κ2) is 6.04. The van der Waals surface area contributed by atoms with E-state index in [1.807, 2.05) is 0 Å². The molecule has 0 unspecified atom stereocenters. The third-order valence-electron chi connectivity index (χ3n) is 10.9. The molecule has 0 saturated carbocycles. The van der Waals surface area contributed by atoms with Gasteiger partial charge in [-0.05, 0) is 0 Å². The van der Waals surface area contributed by atoms with Crippen LogP contribution in [-0.2, 0) is 5.41 Å². The molecule has 4 saturated heterocycles. The van der Waals surface area contributed by atoms with Crippen molar-refractivity contribution in [1.29, 1.82) is 0 Å². The normalized spacial score (nSPS) is 22.5. The van der Waals surface area contributed by atoms with Gasteiger partial charge < -0.3 is 0 Å². The number of nitrogens with zero attached hydrogens (tertiary/aromatic N) is 2. The van der Waals surface area contributed by atoms with E-state index < -0.39 is 28.0 Å². The van der Waals surface area contributed by atoms with E-state index in [-0.39, 0.29) is 12.1 Å². The van der Waals surface area contributed by atoms with Crippen LogP contribution in [0.3, 0.4) is 0 Å². The van der Waals surface area contributed by atoms with E-state index in [1.54, 1.807) is 0 Å². The first-order valence-electron chi connectivity index (χ1n) is 13.2. The van der Waals surface area contributed by atoms with Crippen molar-refractivity contribution in [3.63, 3.8) is 0 Å². The zero-order valence-electron chi connectivity index (χ0n) is 20.5. The summed E-state index contributed by atoms with van der Waals surface area (Å²) in [7, 11) is 2.47. The van der Waals surface area contributed by atoms with Crippen molar-refractivity contribution in [3.8, 4) is 5.69 Å². The fraction of sp³-hybridized carbons (Fsp3) is 0.111. The van der Waals surface area contributed by atoms with Crippen LogP contribution in [0.5, 0.6) is 0 Å². The number of benzene rings is 4. The molecule has 2 nitrogen and oxygen atoms in total. The predicted molar refractivity (Wildman–Crippen MR) is 171 cm³/mol. The van der Waals surface area contributed by atoms with Crippen LogP contribution in [0.4, 0.5) is 2.86 Å². The van der Waals surface area contributed by atoms with Gasteiger partial charge in [-0.25, -0.2) is 0 Å². The van der Waals surface area contributed by atoms with E-state index in [4.69, 9.17) is 2.92 Å². The van der Waals surface area contributed by atoms with Crippen LogP contribution >= 0.6 is 28.0 Å². The SMILES string of the molecule is CC1(C)c2ccccc2B2c3c(cccc31)-n1c3ccccc3c3c(P45(N=IF)B6[B-]B4B65)ccc2c31. The molecule has 2 bridgehead atoms. The number of halogens is 2. The Morgan fingerprint density at radius 3 is 2.43 bits per heavy atom. The molecule has 0 aliphatic carbocycles. The molecule has 2 radical (unpaired) electrons. The van der Waals surface area contributed by atoms with E-state index in [2.05, 4.69) is 104 Å². The Bertz CT molecular complexity index is 1970. The van der Waals surface area contributed by atoms with Crippen LogP contribution in [-0.4, -0.2) is 37.0 Å². The number of aromatic nitrogens is 1. The number of hydrogen-bond donors (Lipinski definition) is 0. The number of hydrogen-bond acceptors (Lipinski definition) is 1. The monoisotopic (exact) mass is 603 g/mol. The number of rotatable bonds is 2. The molecule has 6 aliphatic heterocycles. The molecule has 1 aromatic heterocycles. The fourth-order valence-corrected chi connectivity index (χ4v) is 20.8. The van der Waals surface area contributed by atoms with Gasteiger partial charge in [0, 0.05) is 0 Å². The Hall–Kier alpha value is -2.11. The molecule has 0 atom stereocenters. The van der Waals surface area contributed by atoms with Gasteiger partial charge in [-0.15, -0.1) is 0 Å². The summed E-state index contributed by atoms with van der Waals surface area (Å²) < 4.78 is 21.7. The van der Waals surface area contributed by atoms with Crippen LogP contribution < -0.4 is 21.7 Å². The fourth-order valence-electron chi connectivity index (χ4n) is 9.14. The van der Waals surface area contributed by atoms with Gasteiger partial charge >= 0.3 is 229 Å². The van der Waals surface area contributed by atoms with Crippen molar-refractivity contribution in [2.75, 3.05) is 0 Å². The standard InChI is InChI=1S/C27H19B5FIN2P/c1-27(2)17-9-4-5-11-19(17)29-20-14-15-23(37(35-34-33)30-28-31(37)32(30)37)24-16-8-3-6-12-21(16)36(26(20)24)22-13-7-10-18(27)25(22)29/h3-15H,1-2H3/q-1. The summed E-state index contributed by atoms with van der Waals surface area (Å²) in [5.74, 6) is 0. The van der Waals surface area contributed by atoms with Crippen LogP contribution in [0, 0.1) is 0 Å². The molecular formula is C27H19B5FIN2P-. The zero-order valence-corrected chi connectivity index (χ0v) is 23.5. The first kappa shape index (κ1) is 20.8. The van der Waals surface area contributed by atoms with Crippen molar-refractivity contribution < 1.29 is 2.86 Å². The topological polar surface area (TPSA) is 17.3 Å². The van der Waals surface area contributed by atoms with Gasteiger partial charge in [-0.2, -0.15) is 0 Å². The third-order valence-corrected chi connectivity index (χ3v) is 20.8. The van der Waals surface area contributed by atoms with Crippen molar-refractivity contribution in [1.82, 2.24) is 4.57 Å². The number of fused-ring (bicyclic) bond motifs is 7. The molecule has 10 heteroatoms. The van der Waals surface area contributed by atoms with Crippen molar-refractivity contribution in [2.45, 2.75) is 19.3 Å². The first-order valence-corrected chi connectivity index (χ1v) is 17.4. The van der Waals surface area contributed by atoms with Crippen LogP contribution in [0.1, 0.15) is 25.0 Å². The molecule has 7 heterocycles. The molecule has 0 spiro atoms. The van der Waals surface area contributed by atoms with E-state index in [1.165, 1.54) is 60.3 Å². The summed E-state index contributed by atoms with van der Waals surface area (Å²) in [6, 6.07) is 29.7. The maximum atomic E-state index is 14.1. The summed E-state index contributed by atoms with van der Waals surface area (Å²) in [5.41, 5.74) is 11.0. The number of para-hydroxylation sites is 1. The molecule has 0 N–H and O–H groups in total. The van der Waals surface area contributed by atoms with Crippen molar-refractivity contribution in [2.24, 2.45) is 2.92 Å². The Balaban J connectivity index is 1.42. The molecule has 4 aromatic carbocycles. The molecule has 5 aromatic rings. The maximum absolute atomic E-state index is 14.1. The van der Waals surface area contributed by atoms with Gasteiger partial charge in [-0.3, -0.25) is 0 Å². The minimum atomic E-state index is -2.43. The Morgan fingerprint density at radius 2 is 1.65 bits per heavy atom. The Labute approximate surface area is 228 Å². The first-order chi connectivity index (χ1) is 18.0. The average molecular weight is 602 g/mol. The van der Waals surface area contributed by atoms with E-state index in [0.717, 1.165) is 0 Å². The Kier molecular flexibility index (Phi) is 3.40. The summed E-state index contributed by atoms with van der Waals surface area (Å²) in [6.07, 6.45) is -0.630. The van der Waals surface area contributed by atoms with Gasteiger partial charge in [0.25, 0.3) is 0 Å². The second-order valence-corrected chi connectivity index (χ2v) is 18.9. The van der Waals surface area contributed by atoms with Crippen molar-refractivity contribution in [3.05, 3.63) is 90.0 Å². The summed E-state index contributed by atoms with van der Waals surface area (Å²) in [5, 5.41) is 4.10. The second-order valence-electron chi connectivity index (χ2n) is 12.2. The molecule has 4 fully saturated rings. The van der Waals surface area contributed by atoms with E-state index in [9.17, 15) is 2.86 Å². The van der Waals surface area contributed by atoms with Crippen LogP contribution in [0.25, 0.3) is 27.5 Å². The molecule has 6 aliphatic rings. The molecule has 37 heavy (non-hydrogen) atoms. The van der Waals surface area contributed by atoms with Gasteiger partial charge in [0.15, 0.2) is 0 Å². The molecule has 0 amide bonds. The van der Waals surface area contributed by atoms with E-state index >= 15 is 0 Å². The van der Waals surface area contributed by atoms with Crippen LogP contribution in [0.2, 0.25) is 0 Å². The predicted octanol–water partition coefficient (Wildman–Crippen LogP) is 4.25. The van der Waals surface area contributed by atoms with Gasteiger partial charge in [-0.1, -0.05) is 0 Å². The molecular weight excluding hydrogens is 583 g/mol. The molecule has 11 rings (SSSR count).